The molecule has 4 rings (SSSR count). The number of amides is 2. The monoisotopic (exact) mass is 405 g/mol. The van der Waals surface area contributed by atoms with Crippen molar-refractivity contribution in [3.05, 3.63) is 53.9 Å². The third kappa shape index (κ3) is 4.89. The molecule has 0 aliphatic carbocycles. The van der Waals surface area contributed by atoms with Crippen molar-refractivity contribution >= 4 is 11.8 Å². The standard InChI is InChI=1S/C25H31N3O2/c1-19-15-22(20-9-4-2-5-10-20)16-23(26-19)21-11-8-14-27(17-21)25(30)18-28-13-7-3-6-12-24(28)29/h2,4-5,9-10,15-16,21H,3,6-8,11-14,17-18H2,1H3/t21-/m1/s1. The van der Waals surface area contributed by atoms with Gasteiger partial charge in [-0.25, -0.2) is 0 Å². The Morgan fingerprint density at radius 2 is 1.87 bits per heavy atom. The van der Waals surface area contributed by atoms with Gasteiger partial charge in [-0.15, -0.1) is 0 Å². The Morgan fingerprint density at radius 1 is 1.03 bits per heavy atom. The molecule has 2 aliphatic rings. The molecule has 2 saturated heterocycles. The molecule has 1 atom stereocenters. The van der Waals surface area contributed by atoms with Gasteiger partial charge in [0.15, 0.2) is 0 Å². The normalized spacial score (nSPS) is 20.2. The molecule has 2 aliphatic heterocycles. The SMILES string of the molecule is Cc1cc(-c2ccccc2)cc([C@@H]2CCCN(C(=O)CN3CCCCCC3=O)C2)n1. The molecule has 0 unspecified atom stereocenters. The van der Waals surface area contributed by atoms with E-state index in [1.807, 2.05) is 17.9 Å². The summed E-state index contributed by atoms with van der Waals surface area (Å²) in [6.45, 7) is 4.43. The second kappa shape index (κ2) is 9.41. The van der Waals surface area contributed by atoms with Crippen molar-refractivity contribution in [1.82, 2.24) is 14.8 Å². The van der Waals surface area contributed by atoms with E-state index >= 15 is 0 Å². The van der Waals surface area contributed by atoms with Gasteiger partial charge in [0.1, 0.15) is 0 Å². The third-order valence-electron chi connectivity index (χ3n) is 6.27. The Morgan fingerprint density at radius 3 is 2.70 bits per heavy atom. The highest BCUT2D eigenvalue weighted by molar-refractivity contribution is 5.85. The van der Waals surface area contributed by atoms with Crippen LogP contribution in [0.3, 0.4) is 0 Å². The minimum Gasteiger partial charge on any atom is -0.340 e. The van der Waals surface area contributed by atoms with Gasteiger partial charge < -0.3 is 9.80 Å². The Bertz CT molecular complexity index is 897. The van der Waals surface area contributed by atoms with Gasteiger partial charge in [0.05, 0.1) is 6.54 Å². The van der Waals surface area contributed by atoms with E-state index < -0.39 is 0 Å². The summed E-state index contributed by atoms with van der Waals surface area (Å²) >= 11 is 0. The van der Waals surface area contributed by atoms with Crippen molar-refractivity contribution in [1.29, 1.82) is 0 Å². The van der Waals surface area contributed by atoms with Crippen molar-refractivity contribution in [2.45, 2.75) is 51.4 Å². The third-order valence-corrected chi connectivity index (χ3v) is 6.27. The van der Waals surface area contributed by atoms with E-state index in [0.29, 0.717) is 19.5 Å². The smallest absolute Gasteiger partial charge is 0.242 e. The van der Waals surface area contributed by atoms with Crippen LogP contribution in [0.25, 0.3) is 11.1 Å². The number of aryl methyl sites for hydroxylation is 1. The highest BCUT2D eigenvalue weighted by Gasteiger charge is 2.28. The number of rotatable bonds is 4. The summed E-state index contributed by atoms with van der Waals surface area (Å²) in [7, 11) is 0. The quantitative estimate of drug-likeness (QED) is 0.767. The molecule has 3 heterocycles. The van der Waals surface area contributed by atoms with Crippen LogP contribution in [0.5, 0.6) is 0 Å². The van der Waals surface area contributed by atoms with E-state index in [1.54, 1.807) is 4.90 Å². The molecule has 0 bridgehead atoms. The molecule has 1 aromatic heterocycles. The van der Waals surface area contributed by atoms with Crippen molar-refractivity contribution in [3.63, 3.8) is 0 Å². The lowest BCUT2D eigenvalue weighted by atomic mass is 9.92. The lowest BCUT2D eigenvalue weighted by molar-refractivity contribution is -0.140. The maximum absolute atomic E-state index is 13.0. The topological polar surface area (TPSA) is 53.5 Å². The number of hydrogen-bond donors (Lipinski definition) is 0. The molecule has 2 aromatic rings. The minimum absolute atomic E-state index is 0.0749. The molecule has 0 saturated carbocycles. The Kier molecular flexibility index (Phi) is 6.46. The molecule has 2 amide bonds. The number of carbonyl (C=O) groups excluding carboxylic acids is 2. The van der Waals surface area contributed by atoms with E-state index in [1.165, 1.54) is 11.1 Å². The number of nitrogens with zero attached hydrogens (tertiary/aromatic N) is 3. The van der Waals surface area contributed by atoms with E-state index in [4.69, 9.17) is 4.98 Å². The summed E-state index contributed by atoms with van der Waals surface area (Å²) in [6.07, 6.45) is 5.60. The fourth-order valence-electron chi connectivity index (χ4n) is 4.61. The highest BCUT2D eigenvalue weighted by atomic mass is 16.2. The Labute approximate surface area is 179 Å². The number of piperidine rings is 1. The summed E-state index contributed by atoms with van der Waals surface area (Å²) in [4.78, 5) is 33.8. The van der Waals surface area contributed by atoms with E-state index in [0.717, 1.165) is 50.0 Å². The number of aromatic nitrogens is 1. The number of hydrogen-bond acceptors (Lipinski definition) is 3. The number of carbonyl (C=O) groups is 2. The summed E-state index contributed by atoms with van der Waals surface area (Å²) in [5, 5.41) is 0. The van der Waals surface area contributed by atoms with E-state index in [-0.39, 0.29) is 24.3 Å². The zero-order chi connectivity index (χ0) is 20.9. The van der Waals surface area contributed by atoms with Crippen LogP contribution in [0.4, 0.5) is 0 Å². The van der Waals surface area contributed by atoms with Crippen LogP contribution in [0.15, 0.2) is 42.5 Å². The van der Waals surface area contributed by atoms with Gasteiger partial charge in [0.25, 0.3) is 0 Å². The second-order valence-electron chi connectivity index (χ2n) is 8.59. The van der Waals surface area contributed by atoms with Gasteiger partial charge in [-0.1, -0.05) is 36.8 Å². The first-order chi connectivity index (χ1) is 14.6. The maximum Gasteiger partial charge on any atom is 0.242 e. The maximum atomic E-state index is 13.0. The van der Waals surface area contributed by atoms with Gasteiger partial charge in [0, 0.05) is 43.4 Å². The van der Waals surface area contributed by atoms with E-state index in [9.17, 15) is 9.59 Å². The van der Waals surface area contributed by atoms with Gasteiger partial charge in [0.2, 0.25) is 11.8 Å². The Balaban J connectivity index is 1.47. The lowest BCUT2D eigenvalue weighted by Crippen LogP contribution is -2.46. The molecule has 0 spiro atoms. The van der Waals surface area contributed by atoms with Crippen LogP contribution in [-0.2, 0) is 9.59 Å². The van der Waals surface area contributed by atoms with Crippen molar-refractivity contribution < 1.29 is 9.59 Å². The molecular formula is C25H31N3O2. The molecule has 5 heteroatoms. The van der Waals surface area contributed by atoms with Crippen LogP contribution in [0.1, 0.15) is 55.8 Å². The zero-order valence-corrected chi connectivity index (χ0v) is 17.8. The molecule has 2 fully saturated rings. The average molecular weight is 406 g/mol. The van der Waals surface area contributed by atoms with Crippen LogP contribution in [0, 0.1) is 6.92 Å². The molecule has 5 nitrogen and oxygen atoms in total. The molecule has 1 aromatic carbocycles. The largest absolute Gasteiger partial charge is 0.340 e. The molecule has 0 N–H and O–H groups in total. The van der Waals surface area contributed by atoms with Crippen molar-refractivity contribution in [3.8, 4) is 11.1 Å². The lowest BCUT2D eigenvalue weighted by Gasteiger charge is -2.34. The highest BCUT2D eigenvalue weighted by Crippen LogP contribution is 2.29. The fraction of sp³-hybridized carbons (Fsp3) is 0.480. The molecule has 30 heavy (non-hydrogen) atoms. The number of benzene rings is 1. The van der Waals surface area contributed by atoms with Gasteiger partial charge in [-0.3, -0.25) is 14.6 Å². The van der Waals surface area contributed by atoms with Crippen molar-refractivity contribution in [2.24, 2.45) is 0 Å². The molecular weight excluding hydrogens is 374 g/mol. The van der Waals surface area contributed by atoms with Crippen LogP contribution in [-0.4, -0.2) is 52.8 Å². The predicted octanol–water partition coefficient (Wildman–Crippen LogP) is 4.17. The van der Waals surface area contributed by atoms with Crippen LogP contribution in [0.2, 0.25) is 0 Å². The van der Waals surface area contributed by atoms with Crippen LogP contribution < -0.4 is 0 Å². The van der Waals surface area contributed by atoms with E-state index in [2.05, 4.69) is 36.4 Å². The molecule has 158 valence electrons. The van der Waals surface area contributed by atoms with Crippen molar-refractivity contribution in [2.75, 3.05) is 26.2 Å². The summed E-state index contributed by atoms with van der Waals surface area (Å²) < 4.78 is 0. The minimum atomic E-state index is 0.0749. The second-order valence-corrected chi connectivity index (χ2v) is 8.59. The number of pyridine rings is 1. The summed E-state index contributed by atoms with van der Waals surface area (Å²) in [5.41, 5.74) is 4.44. The fourth-order valence-corrected chi connectivity index (χ4v) is 4.61. The average Bonchev–Trinajstić information content (AvgIpc) is 2.98. The first-order valence-corrected chi connectivity index (χ1v) is 11.2. The Hall–Kier alpha value is -2.69. The van der Waals surface area contributed by atoms with Gasteiger partial charge >= 0.3 is 0 Å². The van der Waals surface area contributed by atoms with Gasteiger partial charge in [-0.05, 0) is 55.9 Å². The predicted molar refractivity (Wildman–Crippen MR) is 118 cm³/mol. The summed E-state index contributed by atoms with van der Waals surface area (Å²) in [6, 6.07) is 14.7. The first kappa shape index (κ1) is 20.6. The van der Waals surface area contributed by atoms with Crippen LogP contribution >= 0.6 is 0 Å². The van der Waals surface area contributed by atoms with Gasteiger partial charge in [-0.2, -0.15) is 0 Å². The first-order valence-electron chi connectivity index (χ1n) is 11.2. The number of likely N-dealkylation sites (tertiary alicyclic amines) is 2. The zero-order valence-electron chi connectivity index (χ0n) is 17.8. The molecule has 0 radical (unpaired) electrons. The summed E-state index contributed by atoms with van der Waals surface area (Å²) in [5.74, 6) is 0.443.